The van der Waals surface area contributed by atoms with Crippen molar-refractivity contribution < 1.29 is 18.3 Å². The van der Waals surface area contributed by atoms with Gasteiger partial charge < -0.3 is 5.11 Å². The highest BCUT2D eigenvalue weighted by Gasteiger charge is 2.18. The van der Waals surface area contributed by atoms with Crippen LogP contribution in [0.1, 0.15) is 40.0 Å². The molecule has 0 amide bonds. The molecule has 0 spiro atoms. The highest BCUT2D eigenvalue weighted by molar-refractivity contribution is 7.89. The lowest BCUT2D eigenvalue weighted by molar-refractivity contribution is -0.137. The number of nitrogens with one attached hydrogen (secondary N) is 1. The van der Waals surface area contributed by atoms with E-state index >= 15 is 0 Å². The van der Waals surface area contributed by atoms with Gasteiger partial charge in [-0.3, -0.25) is 4.79 Å². The first kappa shape index (κ1) is 15.4. The Morgan fingerprint density at radius 1 is 1.38 bits per heavy atom. The number of sulfonamides is 1. The minimum absolute atomic E-state index is 0.111. The summed E-state index contributed by atoms with van der Waals surface area (Å²) in [5.74, 6) is -0.820. The molecule has 2 atom stereocenters. The molecule has 16 heavy (non-hydrogen) atoms. The van der Waals surface area contributed by atoms with Crippen LogP contribution in [0, 0.1) is 5.92 Å². The average molecular weight is 251 g/mol. The van der Waals surface area contributed by atoms with E-state index in [1.165, 1.54) is 0 Å². The second-order valence-corrected chi connectivity index (χ2v) is 5.98. The Morgan fingerprint density at radius 3 is 2.38 bits per heavy atom. The lowest BCUT2D eigenvalue weighted by atomic mass is 10.0. The van der Waals surface area contributed by atoms with Gasteiger partial charge >= 0.3 is 5.97 Å². The fourth-order valence-electron chi connectivity index (χ4n) is 1.23. The van der Waals surface area contributed by atoms with Gasteiger partial charge in [-0.2, -0.15) is 0 Å². The van der Waals surface area contributed by atoms with Crippen molar-refractivity contribution in [2.45, 2.75) is 46.1 Å². The van der Waals surface area contributed by atoms with Crippen molar-refractivity contribution in [2.75, 3.05) is 5.75 Å². The molecule has 2 unspecified atom stereocenters. The van der Waals surface area contributed by atoms with Crippen molar-refractivity contribution in [3.63, 3.8) is 0 Å². The fraction of sp³-hybridized carbons (Fsp3) is 0.900. The normalized spacial score (nSPS) is 15.7. The predicted octanol–water partition coefficient (Wildman–Crippen LogP) is 1.21. The molecule has 0 heterocycles. The summed E-state index contributed by atoms with van der Waals surface area (Å²) in [4.78, 5) is 10.2. The van der Waals surface area contributed by atoms with Crippen molar-refractivity contribution in [3.05, 3.63) is 0 Å². The predicted molar refractivity (Wildman–Crippen MR) is 62.7 cm³/mol. The molecule has 0 saturated heterocycles. The second-order valence-electron chi connectivity index (χ2n) is 4.11. The van der Waals surface area contributed by atoms with E-state index in [9.17, 15) is 13.2 Å². The standard InChI is InChI=1S/C10H21NO4S/c1-4-8(2)9(3)11-16(14,15)7-5-6-10(12)13/h8-9,11H,4-7H2,1-3H3,(H,12,13). The third kappa shape index (κ3) is 6.79. The summed E-state index contributed by atoms with van der Waals surface area (Å²) in [6, 6.07) is -0.111. The van der Waals surface area contributed by atoms with E-state index in [1.54, 1.807) is 0 Å². The highest BCUT2D eigenvalue weighted by Crippen LogP contribution is 2.08. The van der Waals surface area contributed by atoms with Gasteiger partial charge in [0.15, 0.2) is 0 Å². The molecular weight excluding hydrogens is 230 g/mol. The van der Waals surface area contributed by atoms with Gasteiger partial charge in [-0.15, -0.1) is 0 Å². The zero-order chi connectivity index (χ0) is 12.8. The number of rotatable bonds is 8. The Hall–Kier alpha value is -0.620. The molecule has 0 aromatic rings. The highest BCUT2D eigenvalue weighted by atomic mass is 32.2. The summed E-state index contributed by atoms with van der Waals surface area (Å²) in [6.07, 6.45) is 0.940. The largest absolute Gasteiger partial charge is 0.481 e. The maximum atomic E-state index is 11.5. The third-order valence-corrected chi connectivity index (χ3v) is 4.22. The molecule has 0 bridgehead atoms. The van der Waals surface area contributed by atoms with Gasteiger partial charge in [0.05, 0.1) is 5.75 Å². The lowest BCUT2D eigenvalue weighted by Gasteiger charge is -2.19. The molecule has 0 rings (SSSR count). The molecule has 5 nitrogen and oxygen atoms in total. The topological polar surface area (TPSA) is 83.5 Å². The van der Waals surface area contributed by atoms with Crippen LogP contribution in [0.4, 0.5) is 0 Å². The fourth-order valence-corrected chi connectivity index (χ4v) is 2.67. The van der Waals surface area contributed by atoms with E-state index in [2.05, 4.69) is 4.72 Å². The Bertz CT molecular complexity index is 313. The Balaban J connectivity index is 4.09. The van der Waals surface area contributed by atoms with Crippen molar-refractivity contribution in [2.24, 2.45) is 5.92 Å². The summed E-state index contributed by atoms with van der Waals surface area (Å²) in [5, 5.41) is 8.40. The van der Waals surface area contributed by atoms with Crippen molar-refractivity contribution in [3.8, 4) is 0 Å². The molecule has 0 fully saturated rings. The summed E-state index contributed by atoms with van der Waals surface area (Å²) in [5.41, 5.74) is 0. The van der Waals surface area contributed by atoms with E-state index in [0.717, 1.165) is 6.42 Å². The molecule has 0 saturated carbocycles. The SMILES string of the molecule is CCC(C)C(C)NS(=O)(=O)CCCC(=O)O. The summed E-state index contributed by atoms with van der Waals surface area (Å²) >= 11 is 0. The Labute approximate surface area is 97.3 Å². The van der Waals surface area contributed by atoms with E-state index in [-0.39, 0.29) is 30.6 Å². The molecule has 0 radical (unpaired) electrons. The first-order valence-corrected chi connectivity index (χ1v) is 7.15. The zero-order valence-electron chi connectivity index (χ0n) is 10.1. The van der Waals surface area contributed by atoms with Crippen LogP contribution in [-0.2, 0) is 14.8 Å². The maximum absolute atomic E-state index is 11.5. The van der Waals surface area contributed by atoms with E-state index in [0.29, 0.717) is 0 Å². The van der Waals surface area contributed by atoms with Gasteiger partial charge in [0.1, 0.15) is 0 Å². The molecule has 0 aromatic heterocycles. The molecule has 0 aliphatic rings. The third-order valence-electron chi connectivity index (χ3n) is 2.67. The molecule has 0 aromatic carbocycles. The maximum Gasteiger partial charge on any atom is 0.303 e. The number of hydrogen-bond acceptors (Lipinski definition) is 3. The van der Waals surface area contributed by atoms with Gasteiger partial charge in [0, 0.05) is 12.5 Å². The summed E-state index contributed by atoms with van der Waals surface area (Å²) in [6.45, 7) is 5.80. The first-order valence-electron chi connectivity index (χ1n) is 5.50. The summed E-state index contributed by atoms with van der Waals surface area (Å²) in [7, 11) is -3.34. The van der Waals surface area contributed by atoms with Crippen LogP contribution < -0.4 is 4.72 Å². The van der Waals surface area contributed by atoms with Crippen LogP contribution in [0.15, 0.2) is 0 Å². The molecule has 0 aliphatic heterocycles. The Morgan fingerprint density at radius 2 is 1.94 bits per heavy atom. The van der Waals surface area contributed by atoms with Crippen LogP contribution in [0.2, 0.25) is 0 Å². The monoisotopic (exact) mass is 251 g/mol. The van der Waals surface area contributed by atoms with Crippen molar-refractivity contribution in [1.29, 1.82) is 0 Å². The van der Waals surface area contributed by atoms with Crippen LogP contribution in [0.25, 0.3) is 0 Å². The van der Waals surface area contributed by atoms with Crippen molar-refractivity contribution >= 4 is 16.0 Å². The molecule has 2 N–H and O–H groups in total. The smallest absolute Gasteiger partial charge is 0.303 e. The Kier molecular flexibility index (Phi) is 6.59. The van der Waals surface area contributed by atoms with Gasteiger partial charge in [-0.1, -0.05) is 20.3 Å². The minimum Gasteiger partial charge on any atom is -0.481 e. The van der Waals surface area contributed by atoms with E-state index in [1.807, 2.05) is 20.8 Å². The van der Waals surface area contributed by atoms with Gasteiger partial charge in [0.2, 0.25) is 10.0 Å². The molecule has 6 heteroatoms. The van der Waals surface area contributed by atoms with Crippen LogP contribution in [0.5, 0.6) is 0 Å². The van der Waals surface area contributed by atoms with Gasteiger partial charge in [-0.25, -0.2) is 13.1 Å². The van der Waals surface area contributed by atoms with Gasteiger partial charge in [0.25, 0.3) is 0 Å². The van der Waals surface area contributed by atoms with E-state index in [4.69, 9.17) is 5.11 Å². The zero-order valence-corrected chi connectivity index (χ0v) is 10.9. The minimum atomic E-state index is -3.34. The van der Waals surface area contributed by atoms with Gasteiger partial charge in [-0.05, 0) is 19.3 Å². The molecular formula is C10H21NO4S. The molecule has 0 aliphatic carbocycles. The second kappa shape index (κ2) is 6.85. The number of carboxylic acids is 1. The van der Waals surface area contributed by atoms with E-state index < -0.39 is 16.0 Å². The number of aliphatic carboxylic acids is 1. The quantitative estimate of drug-likeness (QED) is 0.679. The molecule has 96 valence electrons. The number of carboxylic acid groups (broad SMARTS) is 1. The first-order chi connectivity index (χ1) is 7.28. The lowest BCUT2D eigenvalue weighted by Crippen LogP contribution is -2.38. The van der Waals surface area contributed by atoms with Crippen LogP contribution in [-0.4, -0.2) is 31.3 Å². The van der Waals surface area contributed by atoms with Crippen LogP contribution >= 0.6 is 0 Å². The number of hydrogen-bond donors (Lipinski definition) is 2. The number of carbonyl (C=O) groups is 1. The average Bonchev–Trinajstić information content (AvgIpc) is 2.14. The van der Waals surface area contributed by atoms with Crippen LogP contribution in [0.3, 0.4) is 0 Å². The van der Waals surface area contributed by atoms with Crippen molar-refractivity contribution in [1.82, 2.24) is 4.72 Å². The summed E-state index contributed by atoms with van der Waals surface area (Å²) < 4.78 is 25.6.